The topological polar surface area (TPSA) is 85.9 Å². The maximum atomic E-state index is 11.6. The zero-order chi connectivity index (χ0) is 11.6. The molecular weight excluding hydrogens is 208 g/mol. The molecule has 0 radical (unpaired) electrons. The number of hydrogen-bond acceptors (Lipinski definition) is 2. The maximum Gasteiger partial charge on any atom is 0.372 e. The number of carbonyl (C=O) groups is 2. The van der Waals surface area contributed by atoms with Crippen molar-refractivity contribution in [3.8, 4) is 0 Å². The second kappa shape index (κ2) is 5.99. The van der Waals surface area contributed by atoms with Gasteiger partial charge in [-0.25, -0.2) is 4.79 Å². The van der Waals surface area contributed by atoms with E-state index < -0.39 is 11.8 Å². The van der Waals surface area contributed by atoms with Gasteiger partial charge in [0.25, 0.3) is 0 Å². The fourth-order valence-electron chi connectivity index (χ4n) is 2.66. The van der Waals surface area contributed by atoms with Gasteiger partial charge in [-0.3, -0.25) is 4.79 Å². The summed E-state index contributed by atoms with van der Waals surface area (Å²) in [4.78, 5) is 22.3. The highest BCUT2D eigenvalue weighted by Gasteiger charge is 2.37. The highest BCUT2D eigenvalue weighted by atomic mass is 16.4. The first-order valence-electron chi connectivity index (χ1n) is 5.70. The molecule has 4 nitrogen and oxygen atoms in total. The zero-order valence-corrected chi connectivity index (χ0v) is 10.2. The van der Waals surface area contributed by atoms with E-state index in [2.05, 4.69) is 20.8 Å². The Kier molecular flexibility index (Phi) is 5.65. The Bertz CT molecular complexity index is 260. The van der Waals surface area contributed by atoms with E-state index in [1.165, 1.54) is 0 Å². The van der Waals surface area contributed by atoms with Crippen LogP contribution < -0.4 is 0 Å². The predicted octanol–water partition coefficient (Wildman–Crippen LogP) is 1.52. The van der Waals surface area contributed by atoms with Gasteiger partial charge < -0.3 is 10.6 Å². The quantitative estimate of drug-likeness (QED) is 0.746. The van der Waals surface area contributed by atoms with Crippen molar-refractivity contribution in [3.05, 3.63) is 0 Å². The van der Waals surface area contributed by atoms with Crippen LogP contribution in [0.3, 0.4) is 0 Å². The maximum absolute atomic E-state index is 11.6. The van der Waals surface area contributed by atoms with E-state index >= 15 is 0 Å². The van der Waals surface area contributed by atoms with E-state index in [1.807, 2.05) is 0 Å². The highest BCUT2D eigenvalue weighted by Crippen LogP contribution is 2.38. The summed E-state index contributed by atoms with van der Waals surface area (Å²) in [6, 6.07) is 0. The summed E-state index contributed by atoms with van der Waals surface area (Å²) in [5.74, 6) is -0.977. The Labute approximate surface area is 96.3 Å². The minimum absolute atomic E-state index is 0. The summed E-state index contributed by atoms with van der Waals surface area (Å²) in [5.41, 5.74) is 0. The first-order chi connectivity index (χ1) is 6.93. The van der Waals surface area contributed by atoms with Crippen LogP contribution >= 0.6 is 0 Å². The second-order valence-corrected chi connectivity index (χ2v) is 5.10. The van der Waals surface area contributed by atoms with Crippen molar-refractivity contribution < 1.29 is 20.2 Å². The summed E-state index contributed by atoms with van der Waals surface area (Å²) in [6.45, 7) is 6.24. The molecule has 2 unspecified atom stereocenters. The number of rotatable bonds is 3. The summed E-state index contributed by atoms with van der Waals surface area (Å²) >= 11 is 0. The molecule has 16 heavy (non-hydrogen) atoms. The van der Waals surface area contributed by atoms with Gasteiger partial charge in [-0.2, -0.15) is 0 Å². The van der Waals surface area contributed by atoms with E-state index in [0.717, 1.165) is 19.3 Å². The van der Waals surface area contributed by atoms with Gasteiger partial charge in [0.1, 0.15) is 0 Å². The average molecular weight is 230 g/mol. The highest BCUT2D eigenvalue weighted by molar-refractivity contribution is 6.33. The van der Waals surface area contributed by atoms with Gasteiger partial charge in [0.2, 0.25) is 5.78 Å². The molecule has 0 aliphatic heterocycles. The Hall–Kier alpha value is -0.900. The number of ketones is 1. The van der Waals surface area contributed by atoms with Gasteiger partial charge in [0.05, 0.1) is 0 Å². The van der Waals surface area contributed by atoms with Crippen molar-refractivity contribution in [3.63, 3.8) is 0 Å². The Morgan fingerprint density at radius 1 is 1.25 bits per heavy atom. The lowest BCUT2D eigenvalue weighted by Crippen LogP contribution is -2.36. The molecule has 4 heteroatoms. The van der Waals surface area contributed by atoms with E-state index in [1.54, 1.807) is 0 Å². The van der Waals surface area contributed by atoms with Crippen molar-refractivity contribution in [1.29, 1.82) is 0 Å². The van der Waals surface area contributed by atoms with Gasteiger partial charge in [-0.05, 0) is 30.6 Å². The molecule has 0 heterocycles. The lowest BCUT2D eigenvalue weighted by molar-refractivity contribution is -0.153. The molecule has 3 atom stereocenters. The van der Waals surface area contributed by atoms with Crippen LogP contribution in [0.4, 0.5) is 0 Å². The number of carbonyl (C=O) groups excluding carboxylic acids is 1. The second-order valence-electron chi connectivity index (χ2n) is 5.10. The first-order valence-corrected chi connectivity index (χ1v) is 5.70. The molecule has 0 bridgehead atoms. The largest absolute Gasteiger partial charge is 0.475 e. The van der Waals surface area contributed by atoms with Crippen LogP contribution in [0.5, 0.6) is 0 Å². The minimum atomic E-state index is -1.26. The summed E-state index contributed by atoms with van der Waals surface area (Å²) in [6.07, 6.45) is 2.85. The predicted molar refractivity (Wildman–Crippen MR) is 61.1 cm³/mol. The third kappa shape index (κ3) is 3.30. The molecule has 1 aliphatic carbocycles. The van der Waals surface area contributed by atoms with Crippen LogP contribution in [0.25, 0.3) is 0 Å². The fraction of sp³-hybridized carbons (Fsp3) is 0.833. The summed E-state index contributed by atoms with van der Waals surface area (Å²) in [5, 5.41) is 8.77. The number of carboxylic acid groups (broad SMARTS) is 1. The van der Waals surface area contributed by atoms with Crippen LogP contribution in [0.2, 0.25) is 0 Å². The molecule has 0 aromatic heterocycles. The van der Waals surface area contributed by atoms with E-state index in [9.17, 15) is 9.59 Å². The average Bonchev–Trinajstić information content (AvgIpc) is 2.15. The Morgan fingerprint density at radius 2 is 1.81 bits per heavy atom. The zero-order valence-electron chi connectivity index (χ0n) is 10.2. The number of aliphatic carboxylic acids is 1. The van der Waals surface area contributed by atoms with Crippen LogP contribution in [-0.2, 0) is 9.59 Å². The van der Waals surface area contributed by atoms with Gasteiger partial charge in [0.15, 0.2) is 0 Å². The summed E-state index contributed by atoms with van der Waals surface area (Å²) < 4.78 is 0. The molecule has 1 fully saturated rings. The molecule has 1 saturated carbocycles. The van der Waals surface area contributed by atoms with Crippen molar-refractivity contribution in [2.24, 2.45) is 23.7 Å². The Morgan fingerprint density at radius 3 is 2.25 bits per heavy atom. The van der Waals surface area contributed by atoms with Crippen LogP contribution in [0.1, 0.15) is 40.0 Å². The van der Waals surface area contributed by atoms with Crippen LogP contribution in [0.15, 0.2) is 0 Å². The molecule has 0 saturated heterocycles. The van der Waals surface area contributed by atoms with E-state index in [0.29, 0.717) is 11.8 Å². The van der Waals surface area contributed by atoms with Crippen LogP contribution in [-0.4, -0.2) is 22.3 Å². The normalized spacial score (nSPS) is 29.6. The molecule has 94 valence electrons. The molecular formula is C12H22O4. The van der Waals surface area contributed by atoms with E-state index in [-0.39, 0.29) is 17.3 Å². The molecule has 3 N–H and O–H groups in total. The van der Waals surface area contributed by atoms with Gasteiger partial charge >= 0.3 is 5.97 Å². The Balaban J connectivity index is 0.00000225. The number of carboxylic acids is 1. The van der Waals surface area contributed by atoms with Crippen molar-refractivity contribution in [1.82, 2.24) is 0 Å². The molecule has 0 aromatic carbocycles. The van der Waals surface area contributed by atoms with Crippen molar-refractivity contribution >= 4 is 11.8 Å². The lowest BCUT2D eigenvalue weighted by atomic mass is 9.68. The first kappa shape index (κ1) is 15.1. The molecule has 0 amide bonds. The minimum Gasteiger partial charge on any atom is -0.475 e. The monoisotopic (exact) mass is 230 g/mol. The molecule has 1 aliphatic rings. The SMILES string of the molecule is CC(C)C1CC[C@H](C)CC1C(=O)C(=O)O.O. The van der Waals surface area contributed by atoms with Gasteiger partial charge in [0, 0.05) is 5.92 Å². The van der Waals surface area contributed by atoms with Crippen molar-refractivity contribution in [2.75, 3.05) is 0 Å². The van der Waals surface area contributed by atoms with Crippen molar-refractivity contribution in [2.45, 2.75) is 40.0 Å². The van der Waals surface area contributed by atoms with Gasteiger partial charge in [-0.1, -0.05) is 27.2 Å². The van der Waals surface area contributed by atoms with Gasteiger partial charge in [-0.15, -0.1) is 0 Å². The lowest BCUT2D eigenvalue weighted by Gasteiger charge is -2.35. The number of hydrogen-bond donors (Lipinski definition) is 1. The molecule has 0 aromatic rings. The summed E-state index contributed by atoms with van der Waals surface area (Å²) in [7, 11) is 0. The third-order valence-electron chi connectivity index (χ3n) is 3.57. The third-order valence-corrected chi connectivity index (χ3v) is 3.57. The molecule has 1 rings (SSSR count). The van der Waals surface area contributed by atoms with E-state index in [4.69, 9.17) is 5.11 Å². The fourth-order valence-corrected chi connectivity index (χ4v) is 2.66. The number of Topliss-reactive ketones (excluding diaryl/α,β-unsaturated/α-hetero) is 1. The smallest absolute Gasteiger partial charge is 0.372 e. The molecule has 0 spiro atoms. The van der Waals surface area contributed by atoms with Crippen LogP contribution in [0, 0.1) is 23.7 Å². The standard InChI is InChI=1S/C12H20O3.H2O/c1-7(2)9-5-4-8(3)6-10(9)11(13)12(14)15;/h7-10H,4-6H2,1-3H3,(H,14,15);1H2/t8-,9?,10?;/m0./s1.